The molecule has 2 N–H and O–H groups in total. The summed E-state index contributed by atoms with van der Waals surface area (Å²) in [6.45, 7) is 2.49. The minimum Gasteiger partial charge on any atom is -0.390 e. The van der Waals surface area contributed by atoms with E-state index in [1.54, 1.807) is 10.8 Å². The summed E-state index contributed by atoms with van der Waals surface area (Å²) >= 11 is 1.36. The summed E-state index contributed by atoms with van der Waals surface area (Å²) in [5.74, 6) is 0.347. The lowest BCUT2D eigenvalue weighted by atomic mass is 10.5. The van der Waals surface area contributed by atoms with Crippen molar-refractivity contribution >= 4 is 17.7 Å². The number of aromatic nitrogens is 2. The number of hydrogen-bond acceptors (Lipinski definition) is 4. The van der Waals surface area contributed by atoms with Gasteiger partial charge in [-0.3, -0.25) is 4.79 Å². The van der Waals surface area contributed by atoms with Gasteiger partial charge in [-0.25, -0.2) is 4.98 Å². The number of rotatable bonds is 5. The van der Waals surface area contributed by atoms with Crippen LogP contribution in [0.2, 0.25) is 0 Å². The molecule has 5 nitrogen and oxygen atoms in total. The third kappa shape index (κ3) is 3.24. The monoisotopic (exact) mass is 229 g/mol. The van der Waals surface area contributed by atoms with Gasteiger partial charge in [0.25, 0.3) is 0 Å². The molecule has 6 heteroatoms. The summed E-state index contributed by atoms with van der Waals surface area (Å²) in [6, 6.07) is 0. The zero-order valence-corrected chi connectivity index (χ0v) is 9.67. The largest absolute Gasteiger partial charge is 0.390 e. The zero-order chi connectivity index (χ0) is 11.3. The summed E-state index contributed by atoms with van der Waals surface area (Å²) in [5.41, 5.74) is 0.744. The third-order valence-corrected chi connectivity index (χ3v) is 2.95. The molecule has 0 aliphatic carbocycles. The Balaban J connectivity index is 2.50. The number of nitrogens with one attached hydrogen (secondary N) is 1. The van der Waals surface area contributed by atoms with Crippen LogP contribution in [0.1, 0.15) is 12.6 Å². The first-order valence-corrected chi connectivity index (χ1v) is 5.68. The SMILES string of the molecule is CCNC(=O)CSc1ncc(CO)n1C. The maximum atomic E-state index is 11.2. The van der Waals surface area contributed by atoms with Crippen LogP contribution in [-0.2, 0) is 18.4 Å². The van der Waals surface area contributed by atoms with Crippen molar-refractivity contribution < 1.29 is 9.90 Å². The first kappa shape index (κ1) is 12.1. The molecule has 0 unspecified atom stereocenters. The van der Waals surface area contributed by atoms with Crippen molar-refractivity contribution in [1.29, 1.82) is 0 Å². The van der Waals surface area contributed by atoms with E-state index in [2.05, 4.69) is 10.3 Å². The highest BCUT2D eigenvalue weighted by Crippen LogP contribution is 2.16. The molecule has 0 aliphatic heterocycles. The van der Waals surface area contributed by atoms with Crippen molar-refractivity contribution in [3.8, 4) is 0 Å². The maximum absolute atomic E-state index is 11.2. The van der Waals surface area contributed by atoms with Crippen LogP contribution in [0.3, 0.4) is 0 Å². The van der Waals surface area contributed by atoms with E-state index in [4.69, 9.17) is 5.11 Å². The van der Waals surface area contributed by atoms with Gasteiger partial charge in [-0.05, 0) is 6.92 Å². The van der Waals surface area contributed by atoms with E-state index in [1.165, 1.54) is 11.8 Å². The molecule has 0 bridgehead atoms. The van der Waals surface area contributed by atoms with Crippen molar-refractivity contribution in [1.82, 2.24) is 14.9 Å². The van der Waals surface area contributed by atoms with Crippen LogP contribution in [0, 0.1) is 0 Å². The average Bonchev–Trinajstić information content (AvgIpc) is 2.57. The molecular formula is C9H15N3O2S. The minimum absolute atomic E-state index is 0.00366. The van der Waals surface area contributed by atoms with E-state index in [9.17, 15) is 4.79 Å². The van der Waals surface area contributed by atoms with Gasteiger partial charge < -0.3 is 15.0 Å². The number of aliphatic hydroxyl groups is 1. The van der Waals surface area contributed by atoms with Gasteiger partial charge in [0.2, 0.25) is 5.91 Å². The van der Waals surface area contributed by atoms with Crippen LogP contribution in [0.15, 0.2) is 11.4 Å². The van der Waals surface area contributed by atoms with Gasteiger partial charge in [-0.15, -0.1) is 0 Å². The summed E-state index contributed by atoms with van der Waals surface area (Å²) in [6.07, 6.45) is 1.61. The molecule has 0 radical (unpaired) electrons. The maximum Gasteiger partial charge on any atom is 0.230 e. The smallest absolute Gasteiger partial charge is 0.230 e. The average molecular weight is 229 g/mol. The lowest BCUT2D eigenvalue weighted by Gasteiger charge is -2.03. The molecule has 1 amide bonds. The quantitative estimate of drug-likeness (QED) is 0.705. The number of aliphatic hydroxyl groups excluding tert-OH is 1. The standard InChI is InChI=1S/C9H15N3O2S/c1-3-10-8(14)6-15-9-11-4-7(5-13)12(9)2/h4,13H,3,5-6H2,1-2H3,(H,10,14). The van der Waals surface area contributed by atoms with Crippen molar-refractivity contribution in [3.05, 3.63) is 11.9 Å². The number of imidazole rings is 1. The highest BCUT2D eigenvalue weighted by Gasteiger charge is 2.08. The van der Waals surface area contributed by atoms with Crippen molar-refractivity contribution in [3.63, 3.8) is 0 Å². The molecule has 0 fully saturated rings. The van der Waals surface area contributed by atoms with Gasteiger partial charge >= 0.3 is 0 Å². The topological polar surface area (TPSA) is 67.2 Å². The third-order valence-electron chi connectivity index (χ3n) is 1.91. The Bertz CT molecular complexity index is 338. The van der Waals surface area contributed by atoms with Gasteiger partial charge in [0.05, 0.1) is 24.3 Å². The van der Waals surface area contributed by atoms with Crippen molar-refractivity contribution in [2.45, 2.75) is 18.7 Å². The van der Waals surface area contributed by atoms with Crippen LogP contribution in [0.4, 0.5) is 0 Å². The summed E-state index contributed by atoms with van der Waals surface area (Å²) in [4.78, 5) is 15.3. The van der Waals surface area contributed by atoms with Crippen molar-refractivity contribution in [2.24, 2.45) is 7.05 Å². The van der Waals surface area contributed by atoms with Crippen LogP contribution < -0.4 is 5.32 Å². The Kier molecular flexibility index (Phi) is 4.64. The molecule has 0 atom stereocenters. The molecular weight excluding hydrogens is 214 g/mol. The van der Waals surface area contributed by atoms with E-state index < -0.39 is 0 Å². The molecule has 0 saturated heterocycles. The molecule has 1 aromatic rings. The second-order valence-corrected chi connectivity index (χ2v) is 3.93. The lowest BCUT2D eigenvalue weighted by molar-refractivity contribution is -0.118. The van der Waals surface area contributed by atoms with E-state index in [-0.39, 0.29) is 12.5 Å². The van der Waals surface area contributed by atoms with Gasteiger partial charge in [0.15, 0.2) is 5.16 Å². The molecule has 1 rings (SSSR count). The van der Waals surface area contributed by atoms with E-state index in [1.807, 2.05) is 14.0 Å². The van der Waals surface area contributed by atoms with Crippen LogP contribution in [0.25, 0.3) is 0 Å². The predicted octanol–water partition coefficient (Wildman–Crippen LogP) is 0.141. The number of carbonyl (C=O) groups excluding carboxylic acids is 1. The summed E-state index contributed by atoms with van der Waals surface area (Å²) in [7, 11) is 1.82. The van der Waals surface area contributed by atoms with Crippen LogP contribution in [-0.4, -0.2) is 32.9 Å². The fourth-order valence-electron chi connectivity index (χ4n) is 1.09. The number of carbonyl (C=O) groups is 1. The first-order valence-electron chi connectivity index (χ1n) is 4.70. The summed E-state index contributed by atoms with van der Waals surface area (Å²) < 4.78 is 1.78. The number of thioether (sulfide) groups is 1. The number of hydrogen-bond donors (Lipinski definition) is 2. The van der Waals surface area contributed by atoms with Crippen LogP contribution >= 0.6 is 11.8 Å². The lowest BCUT2D eigenvalue weighted by Crippen LogP contribution is -2.24. The van der Waals surface area contributed by atoms with Gasteiger partial charge in [0.1, 0.15) is 0 Å². The van der Waals surface area contributed by atoms with E-state index >= 15 is 0 Å². The number of amides is 1. The first-order chi connectivity index (χ1) is 7.19. The molecule has 84 valence electrons. The fourth-order valence-corrected chi connectivity index (χ4v) is 1.89. The molecule has 0 aliphatic rings. The van der Waals surface area contributed by atoms with E-state index in [0.29, 0.717) is 12.3 Å². The van der Waals surface area contributed by atoms with Gasteiger partial charge in [-0.1, -0.05) is 11.8 Å². The molecule has 0 aromatic carbocycles. The number of nitrogens with zero attached hydrogens (tertiary/aromatic N) is 2. The second kappa shape index (κ2) is 5.77. The zero-order valence-electron chi connectivity index (χ0n) is 8.86. The fraction of sp³-hybridized carbons (Fsp3) is 0.556. The summed E-state index contributed by atoms with van der Waals surface area (Å²) in [5, 5.41) is 12.4. The molecule has 1 heterocycles. The Hall–Kier alpha value is -1.01. The normalized spacial score (nSPS) is 10.3. The second-order valence-electron chi connectivity index (χ2n) is 2.99. The Labute approximate surface area is 92.9 Å². The predicted molar refractivity (Wildman–Crippen MR) is 58.5 cm³/mol. The molecule has 15 heavy (non-hydrogen) atoms. The van der Waals surface area contributed by atoms with E-state index in [0.717, 1.165) is 10.9 Å². The highest BCUT2D eigenvalue weighted by atomic mass is 32.2. The Morgan fingerprint density at radius 3 is 3.00 bits per heavy atom. The van der Waals surface area contributed by atoms with Gasteiger partial charge in [-0.2, -0.15) is 0 Å². The Morgan fingerprint density at radius 1 is 1.73 bits per heavy atom. The molecule has 1 aromatic heterocycles. The van der Waals surface area contributed by atoms with Crippen molar-refractivity contribution in [2.75, 3.05) is 12.3 Å². The molecule has 0 saturated carbocycles. The molecule has 0 spiro atoms. The highest BCUT2D eigenvalue weighted by molar-refractivity contribution is 7.99. The Morgan fingerprint density at radius 2 is 2.47 bits per heavy atom. The minimum atomic E-state index is -0.0365. The van der Waals surface area contributed by atoms with Gasteiger partial charge in [0, 0.05) is 13.6 Å². The van der Waals surface area contributed by atoms with Crippen LogP contribution in [0.5, 0.6) is 0 Å².